The zero-order valence-corrected chi connectivity index (χ0v) is 16.7. The maximum Gasteiger partial charge on any atom is 0.193 e. The molecule has 2 aromatic rings. The topological polar surface area (TPSA) is 78.1 Å². The van der Waals surface area contributed by atoms with Gasteiger partial charge in [-0.2, -0.15) is 0 Å². The number of methoxy groups -OCH3 is 1. The van der Waals surface area contributed by atoms with Crippen molar-refractivity contribution in [2.45, 2.75) is 13.0 Å². The molecule has 140 valence electrons. The standard InChI is InChI=1S/C18H20FN3O3.HI/c1-23-14-5-3-12(15(19)10-14)11-21-18(20)22-13-4-6-16-17(9-13)25-8-2-7-24-16;/h3-6,9-10H,2,7-8,11H2,1H3,(H3,20,21,22);1H. The normalized spacial score (nSPS) is 13.4. The summed E-state index contributed by atoms with van der Waals surface area (Å²) in [4.78, 5) is 4.17. The average Bonchev–Trinajstić information content (AvgIpc) is 2.85. The number of rotatable bonds is 4. The number of ether oxygens (including phenoxy) is 3. The van der Waals surface area contributed by atoms with Crippen molar-refractivity contribution < 1.29 is 18.6 Å². The molecule has 0 atom stereocenters. The van der Waals surface area contributed by atoms with Crippen LogP contribution in [0, 0.1) is 5.82 Å². The van der Waals surface area contributed by atoms with E-state index in [1.165, 1.54) is 13.2 Å². The van der Waals surface area contributed by atoms with Gasteiger partial charge in [-0.15, -0.1) is 24.0 Å². The Balaban J connectivity index is 0.00000243. The molecule has 1 aliphatic rings. The second-order valence-corrected chi connectivity index (χ2v) is 5.50. The second kappa shape index (κ2) is 9.46. The van der Waals surface area contributed by atoms with Crippen LogP contribution in [0.2, 0.25) is 0 Å². The molecule has 0 radical (unpaired) electrons. The number of aliphatic imine (C=N–C) groups is 1. The maximum absolute atomic E-state index is 13.9. The fraction of sp³-hybridized carbons (Fsp3) is 0.278. The average molecular weight is 473 g/mol. The summed E-state index contributed by atoms with van der Waals surface area (Å²) in [5.74, 6) is 1.63. The summed E-state index contributed by atoms with van der Waals surface area (Å²) < 4.78 is 30.1. The first-order valence-electron chi connectivity index (χ1n) is 7.95. The predicted molar refractivity (Wildman–Crippen MR) is 109 cm³/mol. The van der Waals surface area contributed by atoms with E-state index >= 15 is 0 Å². The summed E-state index contributed by atoms with van der Waals surface area (Å²) in [5, 5.41) is 2.97. The van der Waals surface area contributed by atoms with E-state index in [2.05, 4.69) is 10.3 Å². The SMILES string of the molecule is COc1ccc(CN=C(N)Nc2ccc3c(c2)OCCCO3)c(F)c1.I. The van der Waals surface area contributed by atoms with Crippen molar-refractivity contribution in [2.75, 3.05) is 25.6 Å². The molecule has 26 heavy (non-hydrogen) atoms. The molecule has 0 saturated heterocycles. The lowest BCUT2D eigenvalue weighted by Crippen LogP contribution is -2.22. The number of hydrogen-bond acceptors (Lipinski definition) is 4. The number of halogens is 2. The Morgan fingerprint density at radius 3 is 2.69 bits per heavy atom. The molecule has 0 saturated carbocycles. The van der Waals surface area contributed by atoms with E-state index in [0.29, 0.717) is 36.0 Å². The van der Waals surface area contributed by atoms with E-state index in [-0.39, 0.29) is 42.3 Å². The van der Waals surface area contributed by atoms with Gasteiger partial charge in [0.05, 0.1) is 26.9 Å². The van der Waals surface area contributed by atoms with E-state index in [9.17, 15) is 4.39 Å². The van der Waals surface area contributed by atoms with Gasteiger partial charge in [0.25, 0.3) is 0 Å². The van der Waals surface area contributed by atoms with Gasteiger partial charge < -0.3 is 25.3 Å². The van der Waals surface area contributed by atoms with Crippen molar-refractivity contribution in [3.8, 4) is 17.2 Å². The van der Waals surface area contributed by atoms with Crippen LogP contribution in [0.5, 0.6) is 17.2 Å². The molecule has 3 rings (SSSR count). The van der Waals surface area contributed by atoms with Crippen LogP contribution in [-0.4, -0.2) is 26.3 Å². The van der Waals surface area contributed by atoms with Gasteiger partial charge in [-0.05, 0) is 18.2 Å². The minimum Gasteiger partial charge on any atom is -0.497 e. The van der Waals surface area contributed by atoms with Gasteiger partial charge >= 0.3 is 0 Å². The van der Waals surface area contributed by atoms with Gasteiger partial charge in [0, 0.05) is 29.8 Å². The first-order valence-corrected chi connectivity index (χ1v) is 7.95. The molecule has 0 unspecified atom stereocenters. The van der Waals surface area contributed by atoms with Crippen molar-refractivity contribution in [2.24, 2.45) is 10.7 Å². The van der Waals surface area contributed by atoms with Crippen LogP contribution in [-0.2, 0) is 6.54 Å². The van der Waals surface area contributed by atoms with Gasteiger partial charge in [-0.25, -0.2) is 9.38 Å². The Morgan fingerprint density at radius 2 is 1.96 bits per heavy atom. The Labute approximate surface area is 168 Å². The summed E-state index contributed by atoms with van der Waals surface area (Å²) in [5.41, 5.74) is 7.04. The molecule has 0 aromatic heterocycles. The largest absolute Gasteiger partial charge is 0.497 e. The molecule has 1 heterocycles. The lowest BCUT2D eigenvalue weighted by Gasteiger charge is -2.11. The number of hydrogen-bond donors (Lipinski definition) is 2. The minimum atomic E-state index is -0.383. The molecule has 1 aliphatic heterocycles. The third-order valence-corrected chi connectivity index (χ3v) is 3.70. The zero-order valence-electron chi connectivity index (χ0n) is 14.3. The summed E-state index contributed by atoms with van der Waals surface area (Å²) in [7, 11) is 1.49. The Kier molecular flexibility index (Phi) is 7.31. The maximum atomic E-state index is 13.9. The highest BCUT2D eigenvalue weighted by atomic mass is 127. The molecule has 2 aromatic carbocycles. The molecular formula is C18H21FIN3O3. The third-order valence-electron chi connectivity index (χ3n) is 3.70. The Bertz CT molecular complexity index is 786. The van der Waals surface area contributed by atoms with Crippen molar-refractivity contribution in [1.29, 1.82) is 0 Å². The number of fused-ring (bicyclic) bond motifs is 1. The van der Waals surface area contributed by atoms with Crippen LogP contribution >= 0.6 is 24.0 Å². The molecule has 6 nitrogen and oxygen atoms in total. The van der Waals surface area contributed by atoms with Crippen LogP contribution in [0.3, 0.4) is 0 Å². The van der Waals surface area contributed by atoms with Crippen molar-refractivity contribution in [3.63, 3.8) is 0 Å². The zero-order chi connectivity index (χ0) is 17.6. The molecular weight excluding hydrogens is 452 g/mol. The van der Waals surface area contributed by atoms with Crippen LogP contribution in [0.4, 0.5) is 10.1 Å². The highest BCUT2D eigenvalue weighted by molar-refractivity contribution is 14.0. The fourth-order valence-electron chi connectivity index (χ4n) is 2.38. The molecule has 0 bridgehead atoms. The lowest BCUT2D eigenvalue weighted by molar-refractivity contribution is 0.297. The van der Waals surface area contributed by atoms with E-state index in [1.807, 2.05) is 12.1 Å². The number of nitrogens with zero attached hydrogens (tertiary/aromatic N) is 1. The predicted octanol–water partition coefficient (Wildman–Crippen LogP) is 3.54. The van der Waals surface area contributed by atoms with E-state index in [1.54, 1.807) is 18.2 Å². The molecule has 0 fully saturated rings. The van der Waals surface area contributed by atoms with Crippen LogP contribution < -0.4 is 25.3 Å². The number of benzene rings is 2. The monoisotopic (exact) mass is 473 g/mol. The number of guanidine groups is 1. The van der Waals surface area contributed by atoms with Crippen molar-refractivity contribution in [3.05, 3.63) is 47.8 Å². The van der Waals surface area contributed by atoms with Crippen LogP contribution in [0.1, 0.15) is 12.0 Å². The summed E-state index contributed by atoms with van der Waals surface area (Å²) >= 11 is 0. The van der Waals surface area contributed by atoms with Gasteiger partial charge in [-0.1, -0.05) is 6.07 Å². The number of anilines is 1. The lowest BCUT2D eigenvalue weighted by atomic mass is 10.2. The van der Waals surface area contributed by atoms with E-state index in [4.69, 9.17) is 19.9 Å². The highest BCUT2D eigenvalue weighted by Gasteiger charge is 2.11. The Hall–Kier alpha value is -2.23. The van der Waals surface area contributed by atoms with E-state index in [0.717, 1.165) is 12.1 Å². The van der Waals surface area contributed by atoms with Gasteiger partial charge in [0.15, 0.2) is 17.5 Å². The van der Waals surface area contributed by atoms with Crippen molar-refractivity contribution in [1.82, 2.24) is 0 Å². The smallest absolute Gasteiger partial charge is 0.193 e. The summed E-state index contributed by atoms with van der Waals surface area (Å²) in [6.45, 7) is 1.37. The summed E-state index contributed by atoms with van der Waals surface area (Å²) in [6, 6.07) is 10.1. The Morgan fingerprint density at radius 1 is 1.19 bits per heavy atom. The number of nitrogens with one attached hydrogen (secondary N) is 1. The minimum absolute atomic E-state index is 0. The van der Waals surface area contributed by atoms with Crippen LogP contribution in [0.15, 0.2) is 41.4 Å². The number of nitrogens with two attached hydrogens (primary N) is 1. The van der Waals surface area contributed by atoms with Crippen LogP contribution in [0.25, 0.3) is 0 Å². The van der Waals surface area contributed by atoms with Crippen molar-refractivity contribution >= 4 is 35.6 Å². The van der Waals surface area contributed by atoms with E-state index < -0.39 is 0 Å². The fourth-order valence-corrected chi connectivity index (χ4v) is 2.38. The quantitative estimate of drug-likeness (QED) is 0.404. The second-order valence-electron chi connectivity index (χ2n) is 5.50. The highest BCUT2D eigenvalue weighted by Crippen LogP contribution is 2.32. The van der Waals surface area contributed by atoms with Gasteiger partial charge in [-0.3, -0.25) is 0 Å². The molecule has 8 heteroatoms. The molecule has 0 amide bonds. The molecule has 3 N–H and O–H groups in total. The van der Waals surface area contributed by atoms with Gasteiger partial charge in [0.1, 0.15) is 11.6 Å². The summed E-state index contributed by atoms with van der Waals surface area (Å²) in [6.07, 6.45) is 0.842. The first kappa shape index (κ1) is 20.1. The molecule has 0 spiro atoms. The third kappa shape index (κ3) is 5.13. The van der Waals surface area contributed by atoms with Gasteiger partial charge in [0.2, 0.25) is 0 Å². The molecule has 0 aliphatic carbocycles. The first-order chi connectivity index (χ1) is 12.2.